The minimum atomic E-state index is -0.874. The number of hydrogen-bond acceptors (Lipinski definition) is 6. The van der Waals surface area contributed by atoms with Gasteiger partial charge in [-0.3, -0.25) is 19.2 Å². The molecular formula is C18H30O8. The fourth-order valence-electron chi connectivity index (χ4n) is 2.19. The van der Waals surface area contributed by atoms with Gasteiger partial charge in [0, 0.05) is 25.7 Å². The lowest BCUT2D eigenvalue weighted by molar-refractivity contribution is -0.148. The Morgan fingerprint density at radius 3 is 1.69 bits per heavy atom. The quantitative estimate of drug-likeness (QED) is 0.312. The van der Waals surface area contributed by atoms with Crippen molar-refractivity contribution in [2.75, 3.05) is 13.2 Å². The van der Waals surface area contributed by atoms with E-state index in [1.165, 1.54) is 0 Å². The number of ether oxygens (including phenoxy) is 2. The summed E-state index contributed by atoms with van der Waals surface area (Å²) in [5.74, 6) is -2.34. The van der Waals surface area contributed by atoms with E-state index >= 15 is 0 Å². The third-order valence-corrected chi connectivity index (χ3v) is 3.89. The van der Waals surface area contributed by atoms with E-state index in [2.05, 4.69) is 0 Å². The van der Waals surface area contributed by atoms with Crippen molar-refractivity contribution in [3.63, 3.8) is 0 Å². The zero-order chi connectivity index (χ0) is 19.8. The van der Waals surface area contributed by atoms with Crippen molar-refractivity contribution in [1.29, 1.82) is 0 Å². The number of carboxylic acids is 2. The second kappa shape index (κ2) is 15.2. The molecule has 0 saturated carbocycles. The van der Waals surface area contributed by atoms with Crippen LogP contribution in [0, 0.1) is 5.92 Å². The number of esters is 2. The Balaban J connectivity index is 3.74. The van der Waals surface area contributed by atoms with Crippen LogP contribution < -0.4 is 0 Å². The molecule has 0 fully saturated rings. The van der Waals surface area contributed by atoms with Crippen molar-refractivity contribution in [3.05, 3.63) is 0 Å². The van der Waals surface area contributed by atoms with E-state index in [-0.39, 0.29) is 56.8 Å². The summed E-state index contributed by atoms with van der Waals surface area (Å²) in [6.45, 7) is 2.45. The van der Waals surface area contributed by atoms with Crippen LogP contribution in [0.2, 0.25) is 0 Å². The lowest BCUT2D eigenvalue weighted by Gasteiger charge is -2.15. The predicted molar refractivity (Wildman–Crippen MR) is 92.5 cm³/mol. The Morgan fingerprint density at radius 2 is 1.23 bits per heavy atom. The first kappa shape index (κ1) is 23.9. The molecule has 26 heavy (non-hydrogen) atoms. The molecule has 1 atom stereocenters. The molecule has 8 nitrogen and oxygen atoms in total. The molecule has 0 aliphatic heterocycles. The van der Waals surface area contributed by atoms with Gasteiger partial charge in [0.25, 0.3) is 0 Å². The molecule has 0 saturated heterocycles. The average molecular weight is 374 g/mol. The second-order valence-electron chi connectivity index (χ2n) is 6.17. The maximum Gasteiger partial charge on any atom is 0.305 e. The van der Waals surface area contributed by atoms with Crippen molar-refractivity contribution < 1.29 is 38.9 Å². The molecule has 0 rings (SSSR count). The van der Waals surface area contributed by atoms with Crippen LogP contribution in [0.1, 0.15) is 71.1 Å². The molecule has 0 spiro atoms. The van der Waals surface area contributed by atoms with Crippen molar-refractivity contribution in [3.8, 4) is 0 Å². The van der Waals surface area contributed by atoms with Crippen molar-refractivity contribution in [2.45, 2.75) is 71.1 Å². The lowest BCUT2D eigenvalue weighted by Crippen LogP contribution is -2.16. The number of carbonyl (C=O) groups is 4. The second-order valence-corrected chi connectivity index (χ2v) is 6.17. The maximum absolute atomic E-state index is 11.6. The Bertz CT molecular complexity index is 446. The number of hydrogen-bond donors (Lipinski definition) is 2. The van der Waals surface area contributed by atoms with Crippen LogP contribution >= 0.6 is 0 Å². The van der Waals surface area contributed by atoms with Crippen LogP contribution in [0.3, 0.4) is 0 Å². The van der Waals surface area contributed by atoms with Crippen LogP contribution in [0.15, 0.2) is 0 Å². The van der Waals surface area contributed by atoms with Gasteiger partial charge < -0.3 is 19.7 Å². The Labute approximate surface area is 153 Å². The van der Waals surface area contributed by atoms with E-state index in [9.17, 15) is 19.2 Å². The largest absolute Gasteiger partial charge is 0.481 e. The van der Waals surface area contributed by atoms with E-state index in [1.807, 2.05) is 6.92 Å². The fraction of sp³-hybridized carbons (Fsp3) is 0.778. The summed E-state index contributed by atoms with van der Waals surface area (Å²) in [5.41, 5.74) is 0. The fourth-order valence-corrected chi connectivity index (χ4v) is 2.19. The molecule has 0 radical (unpaired) electrons. The Hall–Kier alpha value is -2.12. The highest BCUT2D eigenvalue weighted by atomic mass is 16.5. The van der Waals surface area contributed by atoms with Crippen molar-refractivity contribution in [1.82, 2.24) is 0 Å². The number of carboxylic acid groups (broad SMARTS) is 2. The van der Waals surface area contributed by atoms with Crippen LogP contribution in [-0.4, -0.2) is 47.3 Å². The zero-order valence-corrected chi connectivity index (χ0v) is 15.4. The summed E-state index contributed by atoms with van der Waals surface area (Å²) in [7, 11) is 0. The minimum Gasteiger partial charge on any atom is -0.481 e. The first-order valence-corrected chi connectivity index (χ1v) is 9.10. The van der Waals surface area contributed by atoms with Crippen LogP contribution in [0.4, 0.5) is 0 Å². The van der Waals surface area contributed by atoms with Gasteiger partial charge >= 0.3 is 23.9 Å². The van der Waals surface area contributed by atoms with Crippen LogP contribution in [0.5, 0.6) is 0 Å². The predicted octanol–water partition coefficient (Wildman–Crippen LogP) is 2.78. The number of aliphatic carboxylic acids is 2. The third-order valence-electron chi connectivity index (χ3n) is 3.89. The molecule has 150 valence electrons. The van der Waals surface area contributed by atoms with E-state index in [0.29, 0.717) is 32.1 Å². The molecule has 0 aliphatic rings. The molecule has 0 heterocycles. The summed E-state index contributed by atoms with van der Waals surface area (Å²) in [5, 5.41) is 17.0. The Morgan fingerprint density at radius 1 is 0.769 bits per heavy atom. The van der Waals surface area contributed by atoms with Gasteiger partial charge in [0.1, 0.15) is 0 Å². The third kappa shape index (κ3) is 15.4. The maximum atomic E-state index is 11.6. The summed E-state index contributed by atoms with van der Waals surface area (Å²) >= 11 is 0. The highest BCUT2D eigenvalue weighted by Crippen LogP contribution is 2.11. The van der Waals surface area contributed by atoms with Gasteiger partial charge in [-0.1, -0.05) is 6.92 Å². The van der Waals surface area contributed by atoms with Gasteiger partial charge in [-0.2, -0.15) is 0 Å². The standard InChI is InChI=1S/C18H30O8/c1-2-14(13-26-18(24)10-6-4-8-16(21)22)11-12-25-17(23)9-5-3-7-15(19)20/h14H,2-13H2,1H3,(H,19,20)(H,21,22). The molecule has 0 aliphatic carbocycles. The van der Waals surface area contributed by atoms with E-state index in [4.69, 9.17) is 19.7 Å². The van der Waals surface area contributed by atoms with E-state index < -0.39 is 11.9 Å². The minimum absolute atomic E-state index is 0.0482. The monoisotopic (exact) mass is 374 g/mol. The van der Waals surface area contributed by atoms with Crippen molar-refractivity contribution in [2.24, 2.45) is 5.92 Å². The zero-order valence-electron chi connectivity index (χ0n) is 15.4. The van der Waals surface area contributed by atoms with Crippen LogP contribution in [-0.2, 0) is 28.7 Å². The average Bonchev–Trinajstić information content (AvgIpc) is 2.58. The van der Waals surface area contributed by atoms with Crippen LogP contribution in [0.25, 0.3) is 0 Å². The Kier molecular flexibility index (Phi) is 13.9. The normalized spacial score (nSPS) is 11.6. The molecule has 0 amide bonds. The van der Waals surface area contributed by atoms with Crippen molar-refractivity contribution >= 4 is 23.9 Å². The molecular weight excluding hydrogens is 344 g/mol. The van der Waals surface area contributed by atoms with E-state index in [0.717, 1.165) is 6.42 Å². The molecule has 0 aromatic carbocycles. The van der Waals surface area contributed by atoms with Gasteiger partial charge in [0.05, 0.1) is 13.2 Å². The highest BCUT2D eigenvalue weighted by Gasteiger charge is 2.12. The first-order valence-electron chi connectivity index (χ1n) is 9.10. The van der Waals surface area contributed by atoms with Gasteiger partial charge in [0.15, 0.2) is 0 Å². The van der Waals surface area contributed by atoms with Gasteiger partial charge in [-0.15, -0.1) is 0 Å². The smallest absolute Gasteiger partial charge is 0.305 e. The summed E-state index contributed by atoms with van der Waals surface area (Å²) in [6.07, 6.45) is 3.74. The summed E-state index contributed by atoms with van der Waals surface area (Å²) in [4.78, 5) is 43.8. The van der Waals surface area contributed by atoms with Gasteiger partial charge in [-0.05, 0) is 44.4 Å². The summed E-state index contributed by atoms with van der Waals surface area (Å²) in [6, 6.07) is 0. The molecule has 0 aromatic rings. The molecule has 0 aromatic heterocycles. The molecule has 0 bridgehead atoms. The number of rotatable bonds is 16. The molecule has 2 N–H and O–H groups in total. The number of unbranched alkanes of at least 4 members (excludes halogenated alkanes) is 2. The van der Waals surface area contributed by atoms with Gasteiger partial charge in [0.2, 0.25) is 0 Å². The van der Waals surface area contributed by atoms with E-state index in [1.54, 1.807) is 0 Å². The highest BCUT2D eigenvalue weighted by molar-refractivity contribution is 5.70. The summed E-state index contributed by atoms with van der Waals surface area (Å²) < 4.78 is 10.3. The SMILES string of the molecule is CCC(CCOC(=O)CCCCC(=O)O)COC(=O)CCCCC(=O)O. The first-order chi connectivity index (χ1) is 12.3. The molecule has 1 unspecified atom stereocenters. The van der Waals surface area contributed by atoms with Gasteiger partial charge in [-0.25, -0.2) is 0 Å². The topological polar surface area (TPSA) is 127 Å². The number of carbonyl (C=O) groups excluding carboxylic acids is 2. The lowest BCUT2D eigenvalue weighted by atomic mass is 10.0. The molecule has 8 heteroatoms.